The van der Waals surface area contributed by atoms with E-state index in [1.807, 2.05) is 0 Å². The van der Waals surface area contributed by atoms with Crippen LogP contribution in [-0.4, -0.2) is 12.6 Å². The van der Waals surface area contributed by atoms with Crippen LogP contribution in [0.4, 0.5) is 0 Å². The van der Waals surface area contributed by atoms with Crippen LogP contribution in [0.2, 0.25) is 0 Å². The quantitative estimate of drug-likeness (QED) is 0.759. The molecule has 0 aromatic heterocycles. The third kappa shape index (κ3) is 2.61. The van der Waals surface area contributed by atoms with Crippen molar-refractivity contribution in [2.75, 3.05) is 6.54 Å². The third-order valence-corrected chi connectivity index (χ3v) is 5.39. The molecule has 1 spiro atoms. The Morgan fingerprint density at radius 3 is 2.19 bits per heavy atom. The topological polar surface area (TPSA) is 12.0 Å². The van der Waals surface area contributed by atoms with E-state index in [0.29, 0.717) is 0 Å². The minimum Gasteiger partial charge on any atom is -0.314 e. The van der Waals surface area contributed by atoms with E-state index < -0.39 is 0 Å². The van der Waals surface area contributed by atoms with E-state index >= 15 is 0 Å². The molecule has 0 aromatic carbocycles. The fourth-order valence-electron chi connectivity index (χ4n) is 3.96. The molecule has 3 saturated carbocycles. The summed E-state index contributed by atoms with van der Waals surface area (Å²) in [6.45, 7) is 1.29. The zero-order valence-electron chi connectivity index (χ0n) is 10.6. The van der Waals surface area contributed by atoms with E-state index in [4.69, 9.17) is 0 Å². The van der Waals surface area contributed by atoms with Crippen LogP contribution in [0.25, 0.3) is 0 Å². The van der Waals surface area contributed by atoms with Gasteiger partial charge < -0.3 is 5.32 Å². The highest BCUT2D eigenvalue weighted by Crippen LogP contribution is 2.48. The summed E-state index contributed by atoms with van der Waals surface area (Å²) in [6.07, 6.45) is 16.5. The van der Waals surface area contributed by atoms with E-state index in [9.17, 15) is 0 Å². The first kappa shape index (κ1) is 11.1. The highest BCUT2D eigenvalue weighted by atomic mass is 14.9. The Morgan fingerprint density at radius 2 is 1.56 bits per heavy atom. The summed E-state index contributed by atoms with van der Waals surface area (Å²) in [7, 11) is 0. The van der Waals surface area contributed by atoms with Gasteiger partial charge in [-0.1, -0.05) is 25.7 Å². The Kier molecular flexibility index (Phi) is 3.24. The maximum absolute atomic E-state index is 3.80. The first-order valence-electron chi connectivity index (χ1n) is 7.60. The van der Waals surface area contributed by atoms with Crippen LogP contribution in [0.5, 0.6) is 0 Å². The third-order valence-electron chi connectivity index (χ3n) is 5.39. The van der Waals surface area contributed by atoms with Crippen molar-refractivity contribution >= 4 is 0 Å². The molecule has 0 saturated heterocycles. The van der Waals surface area contributed by atoms with Gasteiger partial charge in [-0.2, -0.15) is 0 Å². The maximum Gasteiger partial charge on any atom is 0.00674 e. The lowest BCUT2D eigenvalue weighted by molar-refractivity contribution is 0.168. The summed E-state index contributed by atoms with van der Waals surface area (Å²) in [6, 6.07) is 0.866. The molecule has 0 aromatic rings. The van der Waals surface area contributed by atoms with Crippen molar-refractivity contribution in [1.29, 1.82) is 0 Å². The number of hydrogen-bond acceptors (Lipinski definition) is 1. The predicted molar refractivity (Wildman–Crippen MR) is 68.5 cm³/mol. The molecule has 0 unspecified atom stereocenters. The van der Waals surface area contributed by atoms with Gasteiger partial charge in [-0.25, -0.2) is 0 Å². The van der Waals surface area contributed by atoms with E-state index in [0.717, 1.165) is 17.4 Å². The summed E-state index contributed by atoms with van der Waals surface area (Å²) in [4.78, 5) is 0. The minimum atomic E-state index is 0.814. The van der Waals surface area contributed by atoms with Gasteiger partial charge in [0.25, 0.3) is 0 Å². The Hall–Kier alpha value is -0.0400. The van der Waals surface area contributed by atoms with Crippen LogP contribution in [0.15, 0.2) is 0 Å². The van der Waals surface area contributed by atoms with Crippen molar-refractivity contribution in [2.24, 2.45) is 11.3 Å². The van der Waals surface area contributed by atoms with Gasteiger partial charge in [-0.05, 0) is 62.8 Å². The van der Waals surface area contributed by atoms with Gasteiger partial charge in [0, 0.05) is 6.04 Å². The van der Waals surface area contributed by atoms with Gasteiger partial charge in [0.2, 0.25) is 0 Å². The highest BCUT2D eigenvalue weighted by Gasteiger charge is 2.37. The standard InChI is InChI=1S/C15H27N/c1-2-9-15(8-1)10-5-14(6-11-15)16-12-7-13-3-4-13/h13-14,16H,1-12H2. The van der Waals surface area contributed by atoms with E-state index in [-0.39, 0.29) is 0 Å². The van der Waals surface area contributed by atoms with Crippen molar-refractivity contribution in [3.8, 4) is 0 Å². The Balaban J connectivity index is 1.36. The summed E-state index contributed by atoms with van der Waals surface area (Å²) in [5, 5.41) is 3.80. The average molecular weight is 221 g/mol. The summed E-state index contributed by atoms with van der Waals surface area (Å²) >= 11 is 0. The normalized spacial score (nSPS) is 30.0. The van der Waals surface area contributed by atoms with Crippen LogP contribution in [-0.2, 0) is 0 Å². The van der Waals surface area contributed by atoms with Crippen molar-refractivity contribution in [2.45, 2.75) is 76.7 Å². The lowest BCUT2D eigenvalue weighted by Gasteiger charge is -2.37. The fraction of sp³-hybridized carbons (Fsp3) is 1.00. The second-order valence-corrected chi connectivity index (χ2v) is 6.67. The summed E-state index contributed by atoms with van der Waals surface area (Å²) < 4.78 is 0. The van der Waals surface area contributed by atoms with Gasteiger partial charge in [0.15, 0.2) is 0 Å². The van der Waals surface area contributed by atoms with Crippen molar-refractivity contribution in [3.63, 3.8) is 0 Å². The van der Waals surface area contributed by atoms with Crippen LogP contribution in [0.1, 0.15) is 70.6 Å². The molecule has 0 radical (unpaired) electrons. The Bertz CT molecular complexity index is 216. The molecule has 0 atom stereocenters. The molecule has 0 heterocycles. The number of hydrogen-bond donors (Lipinski definition) is 1. The molecule has 1 heteroatoms. The molecule has 0 amide bonds. The van der Waals surface area contributed by atoms with Crippen LogP contribution in [0, 0.1) is 11.3 Å². The summed E-state index contributed by atoms with van der Waals surface area (Å²) in [5.74, 6) is 1.09. The van der Waals surface area contributed by atoms with Gasteiger partial charge in [-0.15, -0.1) is 0 Å². The smallest absolute Gasteiger partial charge is 0.00674 e. The van der Waals surface area contributed by atoms with E-state index in [2.05, 4.69) is 5.32 Å². The van der Waals surface area contributed by atoms with Crippen LogP contribution in [0.3, 0.4) is 0 Å². The van der Waals surface area contributed by atoms with Gasteiger partial charge in [0.1, 0.15) is 0 Å². The number of nitrogens with one attached hydrogen (secondary N) is 1. The molecule has 16 heavy (non-hydrogen) atoms. The monoisotopic (exact) mass is 221 g/mol. The van der Waals surface area contributed by atoms with E-state index in [1.165, 1.54) is 64.3 Å². The maximum atomic E-state index is 3.80. The number of rotatable bonds is 4. The molecule has 3 aliphatic rings. The lowest BCUT2D eigenvalue weighted by atomic mass is 9.71. The molecule has 0 bridgehead atoms. The molecule has 0 aliphatic heterocycles. The van der Waals surface area contributed by atoms with Crippen molar-refractivity contribution < 1.29 is 0 Å². The molecule has 1 nitrogen and oxygen atoms in total. The van der Waals surface area contributed by atoms with Gasteiger partial charge in [-0.3, -0.25) is 0 Å². The largest absolute Gasteiger partial charge is 0.314 e. The fourth-order valence-corrected chi connectivity index (χ4v) is 3.96. The molecular formula is C15H27N. The first-order valence-corrected chi connectivity index (χ1v) is 7.60. The van der Waals surface area contributed by atoms with E-state index in [1.54, 1.807) is 12.8 Å². The molecule has 3 rings (SSSR count). The van der Waals surface area contributed by atoms with Crippen molar-refractivity contribution in [1.82, 2.24) is 5.32 Å². The van der Waals surface area contributed by atoms with Crippen molar-refractivity contribution in [3.05, 3.63) is 0 Å². The highest BCUT2D eigenvalue weighted by molar-refractivity contribution is 4.91. The first-order chi connectivity index (χ1) is 7.86. The van der Waals surface area contributed by atoms with Crippen LogP contribution >= 0.6 is 0 Å². The Labute approximate surface area is 100 Å². The van der Waals surface area contributed by atoms with Gasteiger partial charge >= 0.3 is 0 Å². The van der Waals surface area contributed by atoms with Gasteiger partial charge in [0.05, 0.1) is 0 Å². The molecule has 1 N–H and O–H groups in total. The molecule has 92 valence electrons. The predicted octanol–water partition coefficient (Wildman–Crippen LogP) is 3.88. The Morgan fingerprint density at radius 1 is 0.875 bits per heavy atom. The second-order valence-electron chi connectivity index (χ2n) is 6.67. The zero-order chi connectivity index (χ0) is 10.8. The van der Waals surface area contributed by atoms with Crippen LogP contribution < -0.4 is 5.32 Å². The molecule has 3 aliphatic carbocycles. The minimum absolute atomic E-state index is 0.814. The molecule has 3 fully saturated rings. The second kappa shape index (κ2) is 4.68. The lowest BCUT2D eigenvalue weighted by Crippen LogP contribution is -2.37. The average Bonchev–Trinajstić information content (AvgIpc) is 3.02. The zero-order valence-corrected chi connectivity index (χ0v) is 10.6. The SMILES string of the molecule is C1CCC2(C1)CCC(NCCC1CC1)CC2. The molecular weight excluding hydrogens is 194 g/mol. The summed E-state index contributed by atoms with van der Waals surface area (Å²) in [5.41, 5.74) is 0.814.